The van der Waals surface area contributed by atoms with Gasteiger partial charge in [0.05, 0.1) is 6.04 Å². The van der Waals surface area contributed by atoms with Gasteiger partial charge in [-0.3, -0.25) is 0 Å². The highest BCUT2D eigenvalue weighted by Crippen LogP contribution is 2.41. The fraction of sp³-hybridized carbons (Fsp3) is 0.882. The van der Waals surface area contributed by atoms with Crippen molar-refractivity contribution in [3.05, 3.63) is 11.8 Å². The quantitative estimate of drug-likeness (QED) is 0.144. The fourth-order valence-corrected chi connectivity index (χ4v) is 8.31. The van der Waals surface area contributed by atoms with Crippen molar-refractivity contribution in [2.75, 3.05) is 13.1 Å². The Balaban J connectivity index is 1.42. The molecule has 2 saturated heterocycles. The first-order valence-corrected chi connectivity index (χ1v) is 19.9. The number of fused-ring (bicyclic) bond motifs is 2. The first-order valence-electron chi connectivity index (χ1n) is 18.6. The Hall–Kier alpha value is -2.49. The van der Waals surface area contributed by atoms with E-state index in [2.05, 4.69) is 43.2 Å². The zero-order valence-electron chi connectivity index (χ0n) is 30.7. The van der Waals surface area contributed by atoms with Crippen molar-refractivity contribution in [1.82, 2.24) is 30.5 Å². The molecule has 0 spiro atoms. The van der Waals surface area contributed by atoms with Crippen molar-refractivity contribution in [2.45, 2.75) is 180 Å². The highest BCUT2D eigenvalue weighted by atomic mass is 32.3. The number of nitrogens with one attached hydrogen (secondary N) is 1. The first-order chi connectivity index (χ1) is 23.2. The summed E-state index contributed by atoms with van der Waals surface area (Å²) < 4.78 is 50.0. The summed E-state index contributed by atoms with van der Waals surface area (Å²) in [6.07, 6.45) is 11.6. The molecule has 4 atom stereocenters. The number of hydroxylamine groups is 4. The molecule has 3 heterocycles. The van der Waals surface area contributed by atoms with E-state index in [9.17, 15) is 18.0 Å². The number of piperidine rings is 1. The molecular weight excluding hydrogens is 652 g/mol. The fourth-order valence-electron chi connectivity index (χ4n) is 7.45. The number of rotatable bonds is 19. The maximum atomic E-state index is 13.6. The maximum absolute atomic E-state index is 13.6. The van der Waals surface area contributed by atoms with Crippen molar-refractivity contribution in [3.63, 3.8) is 0 Å². The number of ether oxygens (including phenoxy) is 1. The van der Waals surface area contributed by atoms with Gasteiger partial charge in [-0.25, -0.2) is 9.59 Å². The molecule has 1 aliphatic carbocycles. The topological polar surface area (TPSA) is 157 Å². The zero-order chi connectivity index (χ0) is 35.8. The number of carbonyl (C=O) groups excluding carboxylic acids is 2. The average molecular weight is 713 g/mol. The summed E-state index contributed by atoms with van der Waals surface area (Å²) >= 11 is 0. The highest BCUT2D eigenvalue weighted by molar-refractivity contribution is 7.81. The normalized spacial score (nSPS) is 23.1. The molecule has 0 aromatic carbocycles. The molecule has 1 aromatic heterocycles. The number of amides is 3. The predicted molar refractivity (Wildman–Crippen MR) is 183 cm³/mol. The molecular formula is C34H60N6O8S. The van der Waals surface area contributed by atoms with E-state index in [1.165, 1.54) is 0 Å². The number of unbranched alkanes of at least 4 members (excludes halogenated alkanes) is 3. The highest BCUT2D eigenvalue weighted by Gasteiger charge is 2.50. The molecule has 3 fully saturated rings. The number of nitrogens with zero attached hydrogens (tertiary/aromatic N) is 5. The maximum Gasteiger partial charge on any atom is 0.437 e. The second-order valence-electron chi connectivity index (χ2n) is 15.0. The van der Waals surface area contributed by atoms with E-state index in [1.807, 2.05) is 20.8 Å². The third-order valence-electron chi connectivity index (χ3n) is 9.87. The van der Waals surface area contributed by atoms with Crippen LogP contribution in [0.2, 0.25) is 0 Å². The molecule has 2 bridgehead atoms. The van der Waals surface area contributed by atoms with Gasteiger partial charge in [-0.15, -0.1) is 14.5 Å². The molecule has 3 amide bonds. The van der Waals surface area contributed by atoms with Crippen molar-refractivity contribution in [1.29, 1.82) is 0 Å². The number of hydrogen-bond acceptors (Lipinski definition) is 11. The van der Waals surface area contributed by atoms with E-state index in [0.717, 1.165) is 82.1 Å². The van der Waals surface area contributed by atoms with Gasteiger partial charge < -0.3 is 19.4 Å². The van der Waals surface area contributed by atoms with E-state index in [4.69, 9.17) is 17.7 Å². The molecule has 3 aliphatic rings. The number of alkyl carbamates (subject to hydrolysis) is 1. The minimum Gasteiger partial charge on any atom is -0.444 e. The summed E-state index contributed by atoms with van der Waals surface area (Å²) in [7, 11) is -4.62. The Bertz CT molecular complexity index is 1330. The van der Waals surface area contributed by atoms with Crippen LogP contribution in [0, 0.1) is 0 Å². The van der Waals surface area contributed by atoms with Gasteiger partial charge in [-0.1, -0.05) is 66.2 Å². The second-order valence-corrected chi connectivity index (χ2v) is 16.1. The van der Waals surface area contributed by atoms with E-state index in [0.29, 0.717) is 37.6 Å². The molecule has 0 radical (unpaired) electrons. The Morgan fingerprint density at radius 1 is 0.939 bits per heavy atom. The van der Waals surface area contributed by atoms with Crippen molar-refractivity contribution >= 4 is 22.5 Å². The van der Waals surface area contributed by atoms with Crippen LogP contribution in [0.1, 0.15) is 169 Å². The molecule has 14 nitrogen and oxygen atoms in total. The Morgan fingerprint density at radius 3 is 2.24 bits per heavy atom. The monoisotopic (exact) mass is 712 g/mol. The standard InChI is InChI=1S/C34H60N6O8S/c1-8-12-20-34(19-11-4,21-13-9-2)39(22-14-10-3)47-49(43,44)48-40-27-17-18-28(38(24-27)32(40)42)30-37-36-29(45-30)25-15-16-26(23-25)35-31(41)46-33(5,6)7/h25-28H,8-24H2,1-7H3,(H,35,41)/t25-,26+,27-,28-/m0/s1. The van der Waals surface area contributed by atoms with Gasteiger partial charge in [0.1, 0.15) is 11.6 Å². The molecule has 1 N–H and O–H groups in total. The van der Waals surface area contributed by atoms with Gasteiger partial charge in [0.15, 0.2) is 0 Å². The van der Waals surface area contributed by atoms with Crippen LogP contribution in [-0.2, 0) is 23.7 Å². The lowest BCUT2D eigenvalue weighted by Crippen LogP contribution is -2.51. The lowest BCUT2D eigenvalue weighted by molar-refractivity contribution is -0.172. The van der Waals surface area contributed by atoms with Crippen LogP contribution in [0.3, 0.4) is 0 Å². The van der Waals surface area contributed by atoms with Crippen LogP contribution in [0.25, 0.3) is 0 Å². The summed E-state index contributed by atoms with van der Waals surface area (Å²) in [5.41, 5.74) is -1.02. The smallest absolute Gasteiger partial charge is 0.437 e. The number of hydrogen-bond donors (Lipinski definition) is 1. The molecule has 2 aliphatic heterocycles. The third kappa shape index (κ3) is 10.3. The second kappa shape index (κ2) is 17.1. The SMILES string of the molecule is CCCCN(OS(=O)(=O)ON1C(=O)N2C[C@@H]1CC[C@H]2c1nnc([C@H]2CC[C@@H](NC(=O)OC(C)(C)C)C2)o1)C(CCC)(CCCC)CCCC. The van der Waals surface area contributed by atoms with Crippen molar-refractivity contribution < 1.29 is 35.7 Å². The van der Waals surface area contributed by atoms with E-state index in [-0.39, 0.29) is 18.5 Å². The van der Waals surface area contributed by atoms with Crippen LogP contribution in [-0.4, -0.2) is 82.1 Å². The predicted octanol–water partition coefficient (Wildman–Crippen LogP) is 7.30. The minimum atomic E-state index is -4.62. The first kappa shape index (κ1) is 39.3. The van der Waals surface area contributed by atoms with Crippen LogP contribution in [0.5, 0.6) is 0 Å². The Kier molecular flexibility index (Phi) is 13.8. The van der Waals surface area contributed by atoms with Gasteiger partial charge in [0, 0.05) is 30.6 Å². The van der Waals surface area contributed by atoms with Crippen LogP contribution in [0.4, 0.5) is 9.59 Å². The van der Waals surface area contributed by atoms with E-state index < -0.39 is 45.7 Å². The molecule has 15 heteroatoms. The van der Waals surface area contributed by atoms with Gasteiger partial charge in [-0.2, -0.15) is 22.8 Å². The lowest BCUT2D eigenvalue weighted by atomic mass is 9.82. The molecule has 0 unspecified atom stereocenters. The molecule has 4 rings (SSSR count). The minimum absolute atomic E-state index is 0.0286. The van der Waals surface area contributed by atoms with E-state index in [1.54, 1.807) is 9.96 Å². The third-order valence-corrected chi connectivity index (χ3v) is 10.6. The molecule has 1 saturated carbocycles. The van der Waals surface area contributed by atoms with Gasteiger partial charge in [0.25, 0.3) is 0 Å². The van der Waals surface area contributed by atoms with Gasteiger partial charge >= 0.3 is 22.5 Å². The lowest BCUT2D eigenvalue weighted by Gasteiger charge is -2.43. The molecule has 1 aromatic rings. The summed E-state index contributed by atoms with van der Waals surface area (Å²) in [6, 6.07) is -1.59. The summed E-state index contributed by atoms with van der Waals surface area (Å²) in [4.78, 5) is 27.4. The van der Waals surface area contributed by atoms with E-state index >= 15 is 0 Å². The summed E-state index contributed by atoms with van der Waals surface area (Å²) in [5, 5.41) is 14.1. The summed E-state index contributed by atoms with van der Waals surface area (Å²) in [6.45, 7) is 14.7. The number of urea groups is 1. The summed E-state index contributed by atoms with van der Waals surface area (Å²) in [5.74, 6) is 0.752. The van der Waals surface area contributed by atoms with Crippen LogP contribution in [0.15, 0.2) is 4.42 Å². The Labute approximate surface area is 293 Å². The van der Waals surface area contributed by atoms with Crippen molar-refractivity contribution in [3.8, 4) is 0 Å². The number of aromatic nitrogens is 2. The van der Waals surface area contributed by atoms with Gasteiger partial charge in [0.2, 0.25) is 11.8 Å². The Morgan fingerprint density at radius 2 is 1.61 bits per heavy atom. The zero-order valence-corrected chi connectivity index (χ0v) is 31.6. The van der Waals surface area contributed by atoms with Gasteiger partial charge in [-0.05, 0) is 78.6 Å². The molecule has 280 valence electrons. The van der Waals surface area contributed by atoms with Crippen molar-refractivity contribution in [2.24, 2.45) is 0 Å². The van der Waals surface area contributed by atoms with Crippen LogP contribution < -0.4 is 5.32 Å². The van der Waals surface area contributed by atoms with Crippen LogP contribution >= 0.6 is 0 Å². The average Bonchev–Trinajstić information content (AvgIpc) is 3.76. The largest absolute Gasteiger partial charge is 0.444 e. The number of carbonyl (C=O) groups is 2. The molecule has 49 heavy (non-hydrogen) atoms.